The average molecular weight is 316 g/mol. The van der Waals surface area contributed by atoms with Crippen LogP contribution in [-0.2, 0) is 16.1 Å². The van der Waals surface area contributed by atoms with Gasteiger partial charge in [-0.1, -0.05) is 28.1 Å². The number of hydrogen-bond acceptors (Lipinski definition) is 3. The van der Waals surface area contributed by atoms with E-state index in [0.29, 0.717) is 6.61 Å². The molecule has 0 amide bonds. The second kappa shape index (κ2) is 9.50. The van der Waals surface area contributed by atoms with Crippen molar-refractivity contribution in [3.63, 3.8) is 0 Å². The summed E-state index contributed by atoms with van der Waals surface area (Å²) in [7, 11) is 1.73. The number of benzene rings is 1. The van der Waals surface area contributed by atoms with Crippen molar-refractivity contribution in [2.75, 3.05) is 26.8 Å². The molecule has 1 aromatic carbocycles. The number of rotatable bonds is 9. The van der Waals surface area contributed by atoms with Gasteiger partial charge in [0.25, 0.3) is 0 Å². The smallest absolute Gasteiger partial charge is 0.0721 e. The Bertz CT molecular complexity index is 316. The zero-order valence-electron chi connectivity index (χ0n) is 11.1. The molecule has 0 aromatic heterocycles. The van der Waals surface area contributed by atoms with Crippen LogP contribution in [0.4, 0.5) is 0 Å². The summed E-state index contributed by atoms with van der Waals surface area (Å²) in [6, 6.07) is 8.21. The number of halogens is 1. The second-order valence-electron chi connectivity index (χ2n) is 4.30. The molecule has 1 N–H and O–H groups in total. The highest BCUT2D eigenvalue weighted by Crippen LogP contribution is 2.11. The topological polar surface area (TPSA) is 30.5 Å². The summed E-state index contributed by atoms with van der Waals surface area (Å²) in [5, 5.41) is 3.35. The van der Waals surface area contributed by atoms with Crippen molar-refractivity contribution in [3.8, 4) is 0 Å². The Morgan fingerprint density at radius 3 is 2.67 bits per heavy atom. The van der Waals surface area contributed by atoms with E-state index in [1.54, 1.807) is 7.11 Å². The normalized spacial score (nSPS) is 12.6. The molecule has 3 nitrogen and oxygen atoms in total. The second-order valence-corrected chi connectivity index (χ2v) is 5.21. The summed E-state index contributed by atoms with van der Waals surface area (Å²) >= 11 is 3.42. The molecule has 0 saturated heterocycles. The van der Waals surface area contributed by atoms with Crippen LogP contribution in [0.3, 0.4) is 0 Å². The third-order valence-electron chi connectivity index (χ3n) is 2.58. The largest absolute Gasteiger partial charge is 0.385 e. The van der Waals surface area contributed by atoms with Crippen LogP contribution in [0.1, 0.15) is 18.9 Å². The molecule has 0 bridgehead atoms. The summed E-state index contributed by atoms with van der Waals surface area (Å²) in [5.41, 5.74) is 1.20. The fraction of sp³-hybridized carbons (Fsp3) is 0.571. The number of nitrogens with one attached hydrogen (secondary N) is 1. The van der Waals surface area contributed by atoms with E-state index in [1.165, 1.54) is 5.56 Å². The molecule has 1 aromatic rings. The molecule has 18 heavy (non-hydrogen) atoms. The first-order chi connectivity index (χ1) is 8.72. The van der Waals surface area contributed by atoms with Gasteiger partial charge in [-0.3, -0.25) is 0 Å². The van der Waals surface area contributed by atoms with Gasteiger partial charge in [0.15, 0.2) is 0 Å². The molecule has 102 valence electrons. The lowest BCUT2D eigenvalue weighted by atomic mass is 10.2. The molecule has 0 saturated carbocycles. The summed E-state index contributed by atoms with van der Waals surface area (Å²) in [4.78, 5) is 0. The van der Waals surface area contributed by atoms with E-state index < -0.39 is 0 Å². The maximum atomic E-state index is 5.77. The Morgan fingerprint density at radius 1 is 1.28 bits per heavy atom. The van der Waals surface area contributed by atoms with E-state index in [1.807, 2.05) is 12.1 Å². The van der Waals surface area contributed by atoms with Crippen LogP contribution in [0.5, 0.6) is 0 Å². The van der Waals surface area contributed by atoms with Gasteiger partial charge >= 0.3 is 0 Å². The van der Waals surface area contributed by atoms with Gasteiger partial charge in [0.05, 0.1) is 12.7 Å². The van der Waals surface area contributed by atoms with Gasteiger partial charge in [0.1, 0.15) is 0 Å². The highest BCUT2D eigenvalue weighted by atomic mass is 79.9. The molecule has 0 fully saturated rings. The number of hydrogen-bond donors (Lipinski definition) is 1. The highest BCUT2D eigenvalue weighted by Gasteiger charge is 2.02. The molecule has 0 aliphatic heterocycles. The third kappa shape index (κ3) is 7.11. The van der Waals surface area contributed by atoms with Crippen molar-refractivity contribution < 1.29 is 9.47 Å². The van der Waals surface area contributed by atoms with Crippen molar-refractivity contribution in [2.45, 2.75) is 26.1 Å². The fourth-order valence-electron chi connectivity index (χ4n) is 1.52. The SMILES string of the molecule is COCCCNCC(C)OCc1ccc(Br)cc1. The van der Waals surface area contributed by atoms with Crippen molar-refractivity contribution >= 4 is 15.9 Å². The van der Waals surface area contributed by atoms with Crippen LogP contribution >= 0.6 is 15.9 Å². The van der Waals surface area contributed by atoms with Crippen molar-refractivity contribution in [1.29, 1.82) is 0 Å². The van der Waals surface area contributed by atoms with Crippen LogP contribution in [-0.4, -0.2) is 32.9 Å². The molecule has 0 aliphatic rings. The molecule has 0 spiro atoms. The third-order valence-corrected chi connectivity index (χ3v) is 3.11. The predicted octanol–water partition coefficient (Wildman–Crippen LogP) is 2.98. The Labute approximate surface area is 118 Å². The monoisotopic (exact) mass is 315 g/mol. The summed E-state index contributed by atoms with van der Waals surface area (Å²) in [5.74, 6) is 0. The Balaban J connectivity index is 2.09. The van der Waals surface area contributed by atoms with Crippen LogP contribution in [0.2, 0.25) is 0 Å². The van der Waals surface area contributed by atoms with E-state index in [2.05, 4.69) is 40.3 Å². The lowest BCUT2D eigenvalue weighted by Gasteiger charge is -2.14. The van der Waals surface area contributed by atoms with Crippen molar-refractivity contribution in [2.24, 2.45) is 0 Å². The standard InChI is InChI=1S/C14H22BrNO2/c1-12(10-16-8-3-9-17-2)18-11-13-4-6-14(15)7-5-13/h4-7,12,16H,3,8-11H2,1-2H3. The number of ether oxygens (including phenoxy) is 2. The summed E-state index contributed by atoms with van der Waals surface area (Å²) in [6.45, 7) is 5.40. The fourth-order valence-corrected chi connectivity index (χ4v) is 1.79. The zero-order valence-corrected chi connectivity index (χ0v) is 12.7. The first kappa shape index (κ1) is 15.6. The molecule has 4 heteroatoms. The molecule has 0 aliphatic carbocycles. The van der Waals surface area contributed by atoms with Crippen LogP contribution in [0, 0.1) is 0 Å². The van der Waals surface area contributed by atoms with Gasteiger partial charge in [0.2, 0.25) is 0 Å². The first-order valence-electron chi connectivity index (χ1n) is 6.28. The van der Waals surface area contributed by atoms with Gasteiger partial charge in [-0.05, 0) is 37.6 Å². The van der Waals surface area contributed by atoms with Crippen LogP contribution in [0.15, 0.2) is 28.7 Å². The Morgan fingerprint density at radius 2 is 2.00 bits per heavy atom. The van der Waals surface area contributed by atoms with Gasteiger partial charge in [-0.2, -0.15) is 0 Å². The van der Waals surface area contributed by atoms with Crippen LogP contribution in [0.25, 0.3) is 0 Å². The molecule has 1 unspecified atom stereocenters. The van der Waals surface area contributed by atoms with Gasteiger partial charge in [0, 0.05) is 24.7 Å². The lowest BCUT2D eigenvalue weighted by Crippen LogP contribution is -2.28. The minimum atomic E-state index is 0.219. The molecule has 0 heterocycles. The van der Waals surface area contributed by atoms with Crippen LogP contribution < -0.4 is 5.32 Å². The van der Waals surface area contributed by atoms with Crippen molar-refractivity contribution in [3.05, 3.63) is 34.3 Å². The van der Waals surface area contributed by atoms with E-state index >= 15 is 0 Å². The maximum Gasteiger partial charge on any atom is 0.0721 e. The minimum absolute atomic E-state index is 0.219. The molecule has 0 radical (unpaired) electrons. The summed E-state index contributed by atoms with van der Waals surface area (Å²) in [6.07, 6.45) is 1.26. The van der Waals surface area contributed by atoms with E-state index in [-0.39, 0.29) is 6.10 Å². The van der Waals surface area contributed by atoms with E-state index in [4.69, 9.17) is 9.47 Å². The average Bonchev–Trinajstić information content (AvgIpc) is 2.38. The predicted molar refractivity (Wildman–Crippen MR) is 77.8 cm³/mol. The van der Waals surface area contributed by atoms with Crippen molar-refractivity contribution in [1.82, 2.24) is 5.32 Å². The van der Waals surface area contributed by atoms with E-state index in [9.17, 15) is 0 Å². The molecule has 1 atom stereocenters. The summed E-state index contributed by atoms with van der Waals surface area (Å²) < 4.78 is 11.9. The number of methoxy groups -OCH3 is 1. The molecular formula is C14H22BrNO2. The van der Waals surface area contributed by atoms with Gasteiger partial charge in [-0.15, -0.1) is 0 Å². The van der Waals surface area contributed by atoms with Gasteiger partial charge in [-0.25, -0.2) is 0 Å². The quantitative estimate of drug-likeness (QED) is 0.711. The van der Waals surface area contributed by atoms with E-state index in [0.717, 1.165) is 30.6 Å². The first-order valence-corrected chi connectivity index (χ1v) is 7.07. The maximum absolute atomic E-state index is 5.77. The van der Waals surface area contributed by atoms with Gasteiger partial charge < -0.3 is 14.8 Å². The highest BCUT2D eigenvalue weighted by molar-refractivity contribution is 9.10. The minimum Gasteiger partial charge on any atom is -0.385 e. The Hall–Kier alpha value is -0.420. The lowest BCUT2D eigenvalue weighted by molar-refractivity contribution is 0.0529. The molecule has 1 rings (SSSR count). The zero-order chi connectivity index (χ0) is 13.2. The Kier molecular flexibility index (Phi) is 8.25. The molecular weight excluding hydrogens is 294 g/mol.